The minimum Gasteiger partial charge on any atom is -0.450 e. The van der Waals surface area contributed by atoms with Gasteiger partial charge >= 0.3 is 5.97 Å². The second-order valence-electron chi connectivity index (χ2n) is 5.11. The Kier molecular flexibility index (Phi) is 10.5. The van der Waals surface area contributed by atoms with Crippen LogP contribution in [0.5, 0.6) is 0 Å². The summed E-state index contributed by atoms with van der Waals surface area (Å²) in [6.07, 6.45) is 5.41. The molecule has 0 rings (SSSR count). The fourth-order valence-corrected chi connectivity index (χ4v) is 2.73. The van der Waals surface area contributed by atoms with Crippen LogP contribution in [-0.2, 0) is 9.53 Å². The van der Waals surface area contributed by atoms with Gasteiger partial charge in [0.05, 0.1) is 0 Å². The molecule has 1 N–H and O–H groups in total. The topological polar surface area (TPSA) is 46.5 Å². The van der Waals surface area contributed by atoms with Crippen LogP contribution in [-0.4, -0.2) is 28.4 Å². The zero-order valence-electron chi connectivity index (χ0n) is 12.1. The molecule has 4 heteroatoms. The molecule has 3 nitrogen and oxygen atoms in total. The minimum atomic E-state index is -0.524. The highest BCUT2D eigenvalue weighted by Gasteiger charge is 2.16. The normalized spacial score (nSPS) is 14.6. The van der Waals surface area contributed by atoms with Gasteiger partial charge in [0.2, 0.25) is 0 Å². The van der Waals surface area contributed by atoms with Gasteiger partial charge < -0.3 is 9.84 Å². The van der Waals surface area contributed by atoms with Crippen LogP contribution in [0.3, 0.4) is 0 Å². The molecule has 0 aliphatic carbocycles. The molecule has 0 spiro atoms. The average molecular weight is 276 g/mol. The molecule has 2 atom stereocenters. The van der Waals surface area contributed by atoms with Crippen LogP contribution in [0.15, 0.2) is 0 Å². The highest BCUT2D eigenvalue weighted by atomic mass is 32.2. The SMILES string of the molecule is CCC(C)SC(CCCCC(C)C)OC(=O)CO. The van der Waals surface area contributed by atoms with E-state index in [1.54, 1.807) is 11.8 Å². The molecule has 0 saturated carbocycles. The Bertz CT molecular complexity index is 219. The number of aliphatic hydroxyl groups excluding tert-OH is 1. The van der Waals surface area contributed by atoms with Crippen molar-refractivity contribution >= 4 is 17.7 Å². The number of unbranched alkanes of at least 4 members (excludes halogenated alkanes) is 1. The van der Waals surface area contributed by atoms with Gasteiger partial charge in [-0.05, 0) is 25.2 Å². The molecule has 2 unspecified atom stereocenters. The van der Waals surface area contributed by atoms with Crippen LogP contribution in [0.2, 0.25) is 0 Å². The molecule has 0 aromatic heterocycles. The van der Waals surface area contributed by atoms with Gasteiger partial charge in [-0.25, -0.2) is 4.79 Å². The van der Waals surface area contributed by atoms with Crippen molar-refractivity contribution in [2.24, 2.45) is 5.92 Å². The summed E-state index contributed by atoms with van der Waals surface area (Å²) in [7, 11) is 0. The van der Waals surface area contributed by atoms with E-state index in [0.717, 1.165) is 25.2 Å². The van der Waals surface area contributed by atoms with Crippen LogP contribution in [0.1, 0.15) is 59.8 Å². The Morgan fingerprint density at radius 2 is 1.83 bits per heavy atom. The van der Waals surface area contributed by atoms with E-state index in [2.05, 4.69) is 27.7 Å². The Balaban J connectivity index is 4.00. The molecule has 0 radical (unpaired) electrons. The molecule has 0 amide bonds. The van der Waals surface area contributed by atoms with Crippen molar-refractivity contribution in [2.75, 3.05) is 6.61 Å². The van der Waals surface area contributed by atoms with Crippen LogP contribution >= 0.6 is 11.8 Å². The molecule has 0 aromatic carbocycles. The summed E-state index contributed by atoms with van der Waals surface area (Å²) in [5, 5.41) is 9.21. The summed E-state index contributed by atoms with van der Waals surface area (Å²) in [5.74, 6) is 0.213. The lowest BCUT2D eigenvalue weighted by atomic mass is 10.1. The molecular formula is C14H28O3S. The van der Waals surface area contributed by atoms with E-state index in [0.29, 0.717) is 5.25 Å². The number of hydrogen-bond acceptors (Lipinski definition) is 4. The Hall–Kier alpha value is -0.220. The van der Waals surface area contributed by atoms with Gasteiger partial charge in [0.1, 0.15) is 12.0 Å². The first-order chi connectivity index (χ1) is 8.49. The first-order valence-corrected chi connectivity index (χ1v) is 7.89. The van der Waals surface area contributed by atoms with Crippen molar-refractivity contribution in [3.8, 4) is 0 Å². The van der Waals surface area contributed by atoms with Gasteiger partial charge in [-0.3, -0.25) is 0 Å². The predicted octanol–water partition coefficient (Wildman–Crippen LogP) is 3.60. The summed E-state index contributed by atoms with van der Waals surface area (Å²) in [6.45, 7) is 8.18. The summed E-state index contributed by atoms with van der Waals surface area (Å²) >= 11 is 1.69. The van der Waals surface area contributed by atoms with Crippen molar-refractivity contribution in [3.05, 3.63) is 0 Å². The third-order valence-corrected chi connectivity index (χ3v) is 4.26. The zero-order valence-corrected chi connectivity index (χ0v) is 13.0. The number of ether oxygens (including phenoxy) is 1. The third-order valence-electron chi connectivity index (χ3n) is 2.82. The fourth-order valence-electron chi connectivity index (χ4n) is 1.56. The molecule has 108 valence electrons. The molecule has 0 fully saturated rings. The van der Waals surface area contributed by atoms with Crippen molar-refractivity contribution in [2.45, 2.75) is 70.5 Å². The number of thioether (sulfide) groups is 1. The van der Waals surface area contributed by atoms with E-state index in [9.17, 15) is 4.79 Å². The second kappa shape index (κ2) is 10.7. The van der Waals surface area contributed by atoms with E-state index in [1.165, 1.54) is 12.8 Å². The molecule has 0 saturated heterocycles. The van der Waals surface area contributed by atoms with E-state index in [4.69, 9.17) is 9.84 Å². The van der Waals surface area contributed by atoms with E-state index < -0.39 is 12.6 Å². The molecule has 0 heterocycles. The molecule has 0 aromatic rings. The Labute approximate surface area is 116 Å². The first kappa shape index (κ1) is 17.8. The van der Waals surface area contributed by atoms with E-state index in [-0.39, 0.29) is 5.44 Å². The summed E-state index contributed by atoms with van der Waals surface area (Å²) in [5.41, 5.74) is -0.105. The first-order valence-electron chi connectivity index (χ1n) is 6.95. The monoisotopic (exact) mass is 276 g/mol. The Morgan fingerprint density at radius 3 is 2.33 bits per heavy atom. The van der Waals surface area contributed by atoms with Gasteiger partial charge in [0, 0.05) is 5.25 Å². The fraction of sp³-hybridized carbons (Fsp3) is 0.929. The van der Waals surface area contributed by atoms with Crippen molar-refractivity contribution in [3.63, 3.8) is 0 Å². The predicted molar refractivity (Wildman–Crippen MR) is 77.6 cm³/mol. The quantitative estimate of drug-likeness (QED) is 0.376. The van der Waals surface area contributed by atoms with Gasteiger partial charge in [-0.15, -0.1) is 11.8 Å². The highest BCUT2D eigenvalue weighted by molar-refractivity contribution is 8.00. The summed E-state index contributed by atoms with van der Waals surface area (Å²) in [4.78, 5) is 11.1. The lowest BCUT2D eigenvalue weighted by molar-refractivity contribution is -0.148. The number of carbonyl (C=O) groups excluding carboxylic acids is 1. The number of esters is 1. The van der Waals surface area contributed by atoms with Crippen LogP contribution in [0.4, 0.5) is 0 Å². The third kappa shape index (κ3) is 9.77. The maximum atomic E-state index is 11.1. The van der Waals surface area contributed by atoms with Gasteiger partial charge in [0.25, 0.3) is 0 Å². The van der Waals surface area contributed by atoms with Crippen molar-refractivity contribution in [1.29, 1.82) is 0 Å². The van der Waals surface area contributed by atoms with Crippen LogP contribution < -0.4 is 0 Å². The van der Waals surface area contributed by atoms with Crippen molar-refractivity contribution < 1.29 is 14.6 Å². The summed E-state index contributed by atoms with van der Waals surface area (Å²) < 4.78 is 5.25. The highest BCUT2D eigenvalue weighted by Crippen LogP contribution is 2.26. The zero-order chi connectivity index (χ0) is 14.0. The molecule has 18 heavy (non-hydrogen) atoms. The lowest BCUT2D eigenvalue weighted by Crippen LogP contribution is -2.19. The van der Waals surface area contributed by atoms with Crippen LogP contribution in [0.25, 0.3) is 0 Å². The molecular weight excluding hydrogens is 248 g/mol. The number of aliphatic hydroxyl groups is 1. The largest absolute Gasteiger partial charge is 0.450 e. The second-order valence-corrected chi connectivity index (χ2v) is 6.71. The smallest absolute Gasteiger partial charge is 0.332 e. The molecule has 0 aliphatic rings. The van der Waals surface area contributed by atoms with E-state index >= 15 is 0 Å². The number of rotatable bonds is 10. The average Bonchev–Trinajstić information content (AvgIpc) is 2.33. The Morgan fingerprint density at radius 1 is 1.22 bits per heavy atom. The lowest BCUT2D eigenvalue weighted by Gasteiger charge is -2.20. The van der Waals surface area contributed by atoms with Crippen molar-refractivity contribution in [1.82, 2.24) is 0 Å². The van der Waals surface area contributed by atoms with Crippen LogP contribution in [0, 0.1) is 5.92 Å². The number of hydrogen-bond donors (Lipinski definition) is 1. The maximum Gasteiger partial charge on any atom is 0.332 e. The maximum absolute atomic E-state index is 11.1. The minimum absolute atomic E-state index is 0.105. The van der Waals surface area contributed by atoms with E-state index in [1.807, 2.05) is 0 Å². The number of carbonyl (C=O) groups is 1. The van der Waals surface area contributed by atoms with Gasteiger partial charge in [-0.2, -0.15) is 0 Å². The molecule has 0 bridgehead atoms. The van der Waals surface area contributed by atoms with Gasteiger partial charge in [0.15, 0.2) is 0 Å². The molecule has 0 aliphatic heterocycles. The summed E-state index contributed by atoms with van der Waals surface area (Å²) in [6, 6.07) is 0. The van der Waals surface area contributed by atoms with Gasteiger partial charge in [-0.1, -0.05) is 40.5 Å². The standard InChI is InChI=1S/C14H28O3S/c1-5-12(4)18-14(17-13(16)10-15)9-7-6-8-11(2)3/h11-12,14-15H,5-10H2,1-4H3.